The van der Waals surface area contributed by atoms with E-state index in [0.29, 0.717) is 5.69 Å². The maximum Gasteiger partial charge on any atom is 0.254 e. The number of rotatable bonds is 3. The monoisotopic (exact) mass is 557 g/mol. The van der Waals surface area contributed by atoms with Crippen LogP contribution in [0.3, 0.4) is 0 Å². The molecule has 0 unspecified atom stereocenters. The van der Waals surface area contributed by atoms with Crippen molar-refractivity contribution in [3.05, 3.63) is 113 Å². The molecule has 1 saturated carbocycles. The molecule has 4 amide bonds. The third-order valence-electron chi connectivity index (χ3n) is 10.6. The van der Waals surface area contributed by atoms with E-state index < -0.39 is 40.8 Å². The maximum absolute atomic E-state index is 14.4. The van der Waals surface area contributed by atoms with E-state index in [1.54, 1.807) is 6.21 Å². The molecule has 42 heavy (non-hydrogen) atoms. The van der Waals surface area contributed by atoms with Gasteiger partial charge in [0.25, 0.3) is 11.8 Å². The molecule has 7 nitrogen and oxygen atoms in total. The van der Waals surface area contributed by atoms with Crippen molar-refractivity contribution in [1.82, 2.24) is 5.01 Å². The third kappa shape index (κ3) is 2.68. The molecule has 2 aliphatic heterocycles. The number of carbonyl (C=O) groups excluding carboxylic acids is 4. The van der Waals surface area contributed by atoms with Gasteiger partial charge in [-0.25, -0.2) is 9.29 Å². The van der Waals surface area contributed by atoms with Gasteiger partial charge in [0.15, 0.2) is 0 Å². The molecular formula is C34H24FN3O4. The zero-order valence-electron chi connectivity index (χ0n) is 22.3. The summed E-state index contributed by atoms with van der Waals surface area (Å²) in [6, 6.07) is 20.8. The Labute approximate surface area is 240 Å². The highest BCUT2D eigenvalue weighted by atomic mass is 19.1. The van der Waals surface area contributed by atoms with Crippen molar-refractivity contribution in [2.24, 2.45) is 40.6 Å². The van der Waals surface area contributed by atoms with Gasteiger partial charge in [0.1, 0.15) is 5.82 Å². The van der Waals surface area contributed by atoms with Crippen molar-refractivity contribution < 1.29 is 23.6 Å². The number of halogens is 1. The Morgan fingerprint density at radius 1 is 0.714 bits per heavy atom. The van der Waals surface area contributed by atoms with E-state index in [2.05, 4.69) is 5.10 Å². The smallest absolute Gasteiger partial charge is 0.254 e. The van der Waals surface area contributed by atoms with Crippen molar-refractivity contribution in [2.75, 3.05) is 4.90 Å². The second-order valence-corrected chi connectivity index (χ2v) is 12.2. The number of fused-ring (bicyclic) bond motifs is 5. The standard InChI is InChI=1S/C34H24FN3O4/c35-19-11-13-20(14-12-19)37-30(39)28-27-21-5-1-3-7-23(21)34(29(28)33(37)42,24-8-4-2-6-22(24)27)16-36-38-31(40)25-17-9-10-18(15-17)26(25)32(38)41/h1-14,16-18,25-29H,15H2/b36-16-/t17-,18-,25-,26+,27?,28-,29+,34?/m0/s1. The minimum Gasteiger partial charge on any atom is -0.274 e. The molecule has 5 aliphatic carbocycles. The van der Waals surface area contributed by atoms with Crippen LogP contribution in [0.1, 0.15) is 34.6 Å². The molecule has 0 spiro atoms. The van der Waals surface area contributed by atoms with Gasteiger partial charge < -0.3 is 0 Å². The molecule has 206 valence electrons. The molecule has 0 aromatic heterocycles. The molecule has 3 aromatic carbocycles. The fraction of sp³-hybridized carbons (Fsp3) is 0.265. The number of hydrogen-bond donors (Lipinski definition) is 0. The Hall–Kier alpha value is -4.72. The highest BCUT2D eigenvalue weighted by Crippen LogP contribution is 2.64. The van der Waals surface area contributed by atoms with Crippen molar-refractivity contribution in [3.63, 3.8) is 0 Å². The Balaban J connectivity index is 1.24. The normalized spacial score (nSPS) is 34.9. The number of hydrogen-bond acceptors (Lipinski definition) is 5. The minimum atomic E-state index is -1.20. The second kappa shape index (κ2) is 7.97. The lowest BCUT2D eigenvalue weighted by atomic mass is 9.47. The summed E-state index contributed by atoms with van der Waals surface area (Å²) >= 11 is 0. The maximum atomic E-state index is 14.4. The van der Waals surface area contributed by atoms with Gasteiger partial charge in [-0.3, -0.25) is 19.2 Å². The summed E-state index contributed by atoms with van der Waals surface area (Å²) < 4.78 is 13.8. The van der Waals surface area contributed by atoms with Crippen LogP contribution in [0.25, 0.3) is 0 Å². The molecular weight excluding hydrogens is 533 g/mol. The first-order valence-electron chi connectivity index (χ1n) is 14.4. The first kappa shape index (κ1) is 23.9. The minimum absolute atomic E-state index is 0.0454. The highest BCUT2D eigenvalue weighted by molar-refractivity contribution is 6.25. The van der Waals surface area contributed by atoms with E-state index in [1.165, 1.54) is 29.2 Å². The van der Waals surface area contributed by atoms with Crippen LogP contribution in [-0.2, 0) is 24.6 Å². The predicted molar refractivity (Wildman–Crippen MR) is 149 cm³/mol. The Kier molecular flexibility index (Phi) is 4.54. The topological polar surface area (TPSA) is 87.1 Å². The van der Waals surface area contributed by atoms with Gasteiger partial charge in [-0.1, -0.05) is 60.7 Å². The SMILES string of the molecule is O=C1[C@@H]2[C@H](C(=O)N1/N=C\C13c4ccccc4C(c4ccccc41)[C@@H]1C(=O)N(c4ccc(F)cc4)C(=O)[C@@H]13)[C@H]1C=C[C@H]2C1. The number of anilines is 1. The number of nitrogens with zero attached hydrogens (tertiary/aromatic N) is 3. The molecule has 3 fully saturated rings. The van der Waals surface area contributed by atoms with Crippen molar-refractivity contribution in [1.29, 1.82) is 0 Å². The molecule has 2 saturated heterocycles. The molecule has 0 radical (unpaired) electrons. The zero-order valence-corrected chi connectivity index (χ0v) is 22.3. The Bertz CT molecular complexity index is 1750. The fourth-order valence-electron chi connectivity index (χ4n) is 9.04. The average molecular weight is 558 g/mol. The van der Waals surface area contributed by atoms with Crippen LogP contribution in [0.4, 0.5) is 10.1 Å². The van der Waals surface area contributed by atoms with Gasteiger partial charge in [-0.05, 0) is 64.8 Å². The molecule has 7 aliphatic rings. The number of allylic oxidation sites excluding steroid dienone is 2. The summed E-state index contributed by atoms with van der Waals surface area (Å²) in [5.41, 5.74) is 2.61. The highest BCUT2D eigenvalue weighted by Gasteiger charge is 2.68. The molecule has 0 N–H and O–H groups in total. The molecule has 8 heteroatoms. The van der Waals surface area contributed by atoms with E-state index in [1.807, 2.05) is 60.7 Å². The van der Waals surface area contributed by atoms with E-state index in [4.69, 9.17) is 0 Å². The van der Waals surface area contributed by atoms with Crippen molar-refractivity contribution in [3.8, 4) is 0 Å². The summed E-state index contributed by atoms with van der Waals surface area (Å²) in [5, 5.41) is 5.64. The van der Waals surface area contributed by atoms with E-state index >= 15 is 0 Å². The van der Waals surface area contributed by atoms with Crippen molar-refractivity contribution in [2.45, 2.75) is 17.8 Å². The van der Waals surface area contributed by atoms with Gasteiger partial charge in [-0.15, -0.1) is 0 Å². The fourth-order valence-corrected chi connectivity index (χ4v) is 9.04. The largest absolute Gasteiger partial charge is 0.274 e. The van der Waals surface area contributed by atoms with Gasteiger partial charge in [0.05, 0.1) is 34.8 Å². The summed E-state index contributed by atoms with van der Waals surface area (Å²) in [7, 11) is 0. The van der Waals surface area contributed by atoms with Crippen LogP contribution in [0.2, 0.25) is 0 Å². The number of amides is 4. The van der Waals surface area contributed by atoms with Crippen LogP contribution in [-0.4, -0.2) is 34.9 Å². The lowest BCUT2D eigenvalue weighted by Crippen LogP contribution is -2.55. The van der Waals surface area contributed by atoms with Gasteiger partial charge >= 0.3 is 0 Å². The van der Waals surface area contributed by atoms with Crippen LogP contribution < -0.4 is 4.90 Å². The summed E-state index contributed by atoms with van der Waals surface area (Å²) in [5.74, 6) is -4.51. The molecule has 6 atom stereocenters. The van der Waals surface area contributed by atoms with Gasteiger partial charge in [-0.2, -0.15) is 10.1 Å². The van der Waals surface area contributed by atoms with Crippen LogP contribution >= 0.6 is 0 Å². The van der Waals surface area contributed by atoms with E-state index in [0.717, 1.165) is 33.7 Å². The van der Waals surface area contributed by atoms with Gasteiger partial charge in [0, 0.05) is 12.1 Å². The first-order chi connectivity index (χ1) is 20.4. The predicted octanol–water partition coefficient (Wildman–Crippen LogP) is 4.17. The lowest BCUT2D eigenvalue weighted by molar-refractivity contribution is -0.140. The zero-order chi connectivity index (χ0) is 28.5. The van der Waals surface area contributed by atoms with Gasteiger partial charge in [0.2, 0.25) is 11.8 Å². The lowest BCUT2D eigenvalue weighted by Gasteiger charge is -2.52. The molecule has 10 rings (SSSR count). The Morgan fingerprint density at radius 3 is 1.88 bits per heavy atom. The third-order valence-corrected chi connectivity index (χ3v) is 10.6. The molecule has 3 aromatic rings. The number of imide groups is 2. The quantitative estimate of drug-likeness (QED) is 0.275. The number of carbonyl (C=O) groups is 4. The summed E-state index contributed by atoms with van der Waals surface area (Å²) in [4.78, 5) is 56.9. The van der Waals surface area contributed by atoms with Crippen LogP contribution in [0.15, 0.2) is 90.0 Å². The molecule has 2 heterocycles. The van der Waals surface area contributed by atoms with Crippen LogP contribution in [0, 0.1) is 41.3 Å². The number of hydrazone groups is 1. The number of benzene rings is 3. The molecule has 4 bridgehead atoms. The summed E-state index contributed by atoms with van der Waals surface area (Å²) in [6.07, 6.45) is 6.48. The van der Waals surface area contributed by atoms with Crippen LogP contribution in [0.5, 0.6) is 0 Å². The Morgan fingerprint density at radius 2 is 1.29 bits per heavy atom. The second-order valence-electron chi connectivity index (χ2n) is 12.2. The van der Waals surface area contributed by atoms with E-state index in [9.17, 15) is 23.6 Å². The van der Waals surface area contributed by atoms with E-state index in [-0.39, 0.29) is 35.5 Å². The average Bonchev–Trinajstić information content (AvgIpc) is 3.75. The summed E-state index contributed by atoms with van der Waals surface area (Å²) in [6.45, 7) is 0. The first-order valence-corrected chi connectivity index (χ1v) is 14.4. The van der Waals surface area contributed by atoms with Crippen molar-refractivity contribution >= 4 is 35.5 Å².